The molecule has 0 radical (unpaired) electrons. The number of aromatic hydroxyl groups is 3. The maximum Gasteiger partial charge on any atom is 0.308 e. The van der Waals surface area contributed by atoms with Crippen LogP contribution in [0.25, 0.3) is 22.6 Å². The number of fused-ring (bicyclic) bond motifs is 1. The maximum atomic E-state index is 11.9. The number of hydrogen-bond acceptors (Lipinski definition) is 16. The Hall–Kier alpha value is -4.61. The van der Waals surface area contributed by atoms with E-state index < -0.39 is 90.2 Å². The Morgan fingerprint density at radius 1 is 0.951 bits per heavy atom. The number of aliphatic carboxylic acids is 1. The number of carbonyl (C=O) groups is 2. The summed E-state index contributed by atoms with van der Waals surface area (Å²) in [5, 5.41) is 92.9. The topological polar surface area (TPSA) is 280 Å². The van der Waals surface area contributed by atoms with Crippen LogP contribution < -0.4 is 20.4 Å². The van der Waals surface area contributed by atoms with E-state index in [1.54, 1.807) is 0 Å². The van der Waals surface area contributed by atoms with Gasteiger partial charge in [0.05, 0.1) is 18.0 Å². The van der Waals surface area contributed by atoms with Crippen molar-refractivity contribution in [3.8, 4) is 51.4 Å². The molecular weight excluding hydrogens is 556 g/mol. The monoisotopic (exact) mass is 578 g/mol. The molecule has 2 aliphatic heterocycles. The molecule has 16 nitrogen and oxygen atoms in total. The van der Waals surface area contributed by atoms with Gasteiger partial charge in [0.15, 0.2) is 16.9 Å². The van der Waals surface area contributed by atoms with Crippen LogP contribution >= 0.6 is 0 Å². The molecule has 1 aliphatic carbocycles. The molecule has 0 aromatic heterocycles. The van der Waals surface area contributed by atoms with Crippen molar-refractivity contribution in [2.75, 3.05) is 6.61 Å². The lowest BCUT2D eigenvalue weighted by Crippen LogP contribution is -2.60. The molecule has 7 N–H and O–H groups in total. The van der Waals surface area contributed by atoms with Crippen molar-refractivity contribution in [2.24, 2.45) is 0 Å². The van der Waals surface area contributed by atoms with E-state index in [0.717, 1.165) is 30.3 Å². The summed E-state index contributed by atoms with van der Waals surface area (Å²) in [6, 6.07) is 4.75. The summed E-state index contributed by atoms with van der Waals surface area (Å²) >= 11 is 0. The number of aliphatic hydroxyl groups is 4. The molecule has 2 heterocycles. The van der Waals surface area contributed by atoms with Crippen LogP contribution in [0.5, 0.6) is 28.7 Å². The van der Waals surface area contributed by atoms with Crippen LogP contribution in [0.4, 0.5) is 0 Å². The van der Waals surface area contributed by atoms with Crippen molar-refractivity contribution in [3.05, 3.63) is 40.6 Å². The predicted molar refractivity (Wildman–Crippen MR) is 125 cm³/mol. The maximum absolute atomic E-state index is 11.9. The van der Waals surface area contributed by atoms with Gasteiger partial charge in [-0.2, -0.15) is 0 Å². The SMILES string of the molecule is O=C(C[C@@H](O)C(=O)[O-])OC[C@H]1O[C@@H](Oc2cc3c(O)cc(=O)cc-3oc2-c2cc(O)c([O-])c(O)c2)[C@H](O)[C@@H](O)[C@@H]1O. The van der Waals surface area contributed by atoms with Crippen molar-refractivity contribution in [1.29, 1.82) is 0 Å². The molecule has 6 atom stereocenters. The van der Waals surface area contributed by atoms with E-state index in [1.807, 2.05) is 0 Å². The summed E-state index contributed by atoms with van der Waals surface area (Å²) < 4.78 is 21.6. The fraction of sp³-hybridized carbons (Fsp3) is 0.320. The number of phenolic OH excluding ortho intramolecular Hbond substituents is 3. The second-order valence-corrected chi connectivity index (χ2v) is 8.99. The lowest BCUT2D eigenvalue weighted by Gasteiger charge is -2.40. The van der Waals surface area contributed by atoms with Crippen LogP contribution in [-0.2, 0) is 19.1 Å². The number of benzene rings is 2. The molecule has 1 fully saturated rings. The lowest BCUT2D eigenvalue weighted by atomic mass is 9.99. The van der Waals surface area contributed by atoms with E-state index >= 15 is 0 Å². The summed E-state index contributed by atoms with van der Waals surface area (Å²) in [5.41, 5.74) is -0.901. The number of ether oxygens (including phenoxy) is 3. The van der Waals surface area contributed by atoms with Crippen molar-refractivity contribution in [3.63, 3.8) is 0 Å². The minimum atomic E-state index is -2.16. The van der Waals surface area contributed by atoms with Crippen molar-refractivity contribution >= 4 is 11.9 Å². The highest BCUT2D eigenvalue weighted by molar-refractivity contribution is 5.79. The second-order valence-electron chi connectivity index (χ2n) is 8.99. The van der Waals surface area contributed by atoms with Crippen LogP contribution in [-0.4, -0.2) is 91.1 Å². The molecule has 0 saturated carbocycles. The molecule has 41 heavy (non-hydrogen) atoms. The van der Waals surface area contributed by atoms with Gasteiger partial charge in [-0.25, -0.2) is 0 Å². The minimum absolute atomic E-state index is 0.0833. The van der Waals surface area contributed by atoms with Crippen LogP contribution in [0.15, 0.2) is 39.5 Å². The van der Waals surface area contributed by atoms with Gasteiger partial charge in [0.1, 0.15) is 60.1 Å². The van der Waals surface area contributed by atoms with Crippen molar-refractivity contribution < 1.29 is 74.2 Å². The van der Waals surface area contributed by atoms with Crippen molar-refractivity contribution in [2.45, 2.75) is 43.2 Å². The first-order chi connectivity index (χ1) is 19.3. The largest absolute Gasteiger partial charge is 0.867 e. The summed E-state index contributed by atoms with van der Waals surface area (Å²) in [7, 11) is 0. The first-order valence-corrected chi connectivity index (χ1v) is 11.7. The van der Waals surface area contributed by atoms with E-state index in [4.69, 9.17) is 18.6 Å². The predicted octanol–water partition coefficient (Wildman–Crippen LogP) is -3.17. The smallest absolute Gasteiger partial charge is 0.308 e. The third-order valence-electron chi connectivity index (χ3n) is 6.07. The number of hydrogen-bond donors (Lipinski definition) is 7. The Morgan fingerprint density at radius 2 is 1.61 bits per heavy atom. The minimum Gasteiger partial charge on any atom is -0.867 e. The number of carboxylic acid groups (broad SMARTS) is 1. The number of carbonyl (C=O) groups excluding carboxylic acids is 2. The van der Waals surface area contributed by atoms with Crippen LogP contribution in [0, 0.1) is 0 Å². The van der Waals surface area contributed by atoms with Crippen LogP contribution in [0.1, 0.15) is 6.42 Å². The number of esters is 1. The molecular formula is C25H22O16-2. The molecule has 3 aliphatic rings. The Kier molecular flexibility index (Phi) is 8.22. The van der Waals surface area contributed by atoms with Gasteiger partial charge in [-0.1, -0.05) is 0 Å². The fourth-order valence-corrected chi connectivity index (χ4v) is 3.94. The standard InChI is InChI=1S/C25H24O16/c26-9-3-11(27)10-5-16(23(39-15(10)4-9)8-1-12(28)19(32)13(29)2-8)40-25-22(35)21(34)20(33)17(41-25)7-38-18(31)6-14(30)24(36)37/h1-5,14,17,20-22,25,27-30,32-35H,6-7H2,(H,36,37)/p-2/t14-,17-,20-,21+,22-,25-/m1/s1. The molecule has 0 bridgehead atoms. The van der Waals surface area contributed by atoms with Gasteiger partial charge in [-0.3, -0.25) is 9.59 Å². The highest BCUT2D eigenvalue weighted by Crippen LogP contribution is 2.44. The van der Waals surface area contributed by atoms with E-state index in [0.29, 0.717) is 0 Å². The van der Waals surface area contributed by atoms with Crippen LogP contribution in [0.2, 0.25) is 0 Å². The second kappa shape index (κ2) is 11.5. The summed E-state index contributed by atoms with van der Waals surface area (Å²) in [6.07, 6.45) is -12.3. The number of rotatable bonds is 8. The average molecular weight is 578 g/mol. The molecule has 0 unspecified atom stereocenters. The zero-order valence-corrected chi connectivity index (χ0v) is 20.6. The molecule has 1 aromatic carbocycles. The summed E-state index contributed by atoms with van der Waals surface area (Å²) in [5.74, 6) is -7.51. The number of phenols is 3. The van der Waals surface area contributed by atoms with E-state index in [2.05, 4.69) is 0 Å². The molecule has 1 saturated heterocycles. The van der Waals surface area contributed by atoms with Gasteiger partial charge in [0.2, 0.25) is 6.29 Å². The lowest BCUT2D eigenvalue weighted by molar-refractivity contribution is -0.315. The zero-order chi connectivity index (χ0) is 30.2. The summed E-state index contributed by atoms with van der Waals surface area (Å²) in [4.78, 5) is 34.3. The van der Waals surface area contributed by atoms with Gasteiger partial charge < -0.3 is 69.4 Å². The highest BCUT2D eigenvalue weighted by atomic mass is 16.7. The quantitative estimate of drug-likeness (QED) is 0.130. The van der Waals surface area contributed by atoms with Gasteiger partial charge in [0, 0.05) is 17.7 Å². The Balaban J connectivity index is 1.68. The highest BCUT2D eigenvalue weighted by Gasteiger charge is 2.46. The molecule has 0 spiro atoms. The van der Waals surface area contributed by atoms with Gasteiger partial charge >= 0.3 is 5.97 Å². The van der Waals surface area contributed by atoms with E-state index in [1.165, 1.54) is 0 Å². The third kappa shape index (κ3) is 6.11. The Labute approximate surface area is 228 Å². The first-order valence-electron chi connectivity index (χ1n) is 11.7. The van der Waals surface area contributed by atoms with Gasteiger partial charge in [-0.05, 0) is 23.9 Å². The number of carboxylic acids is 1. The third-order valence-corrected chi connectivity index (χ3v) is 6.07. The van der Waals surface area contributed by atoms with Crippen molar-refractivity contribution in [1.82, 2.24) is 0 Å². The molecule has 0 amide bonds. The van der Waals surface area contributed by atoms with Gasteiger partial charge in [-0.15, -0.1) is 0 Å². The average Bonchev–Trinajstić information content (AvgIpc) is 2.90. The van der Waals surface area contributed by atoms with Gasteiger partial charge in [0.25, 0.3) is 0 Å². The van der Waals surface area contributed by atoms with E-state index in [-0.39, 0.29) is 28.4 Å². The normalized spacial score (nSPS) is 23.2. The molecule has 4 rings (SSSR count). The van der Waals surface area contributed by atoms with Crippen LogP contribution in [0.3, 0.4) is 0 Å². The fourth-order valence-electron chi connectivity index (χ4n) is 3.94. The molecule has 1 aromatic rings. The molecule has 16 heteroatoms. The first kappa shape index (κ1) is 29.4. The summed E-state index contributed by atoms with van der Waals surface area (Å²) in [6.45, 7) is -0.794. The number of aliphatic hydroxyl groups excluding tert-OH is 4. The van der Waals surface area contributed by atoms with E-state index in [9.17, 15) is 60.3 Å². The molecule has 220 valence electrons. The zero-order valence-electron chi connectivity index (χ0n) is 20.6. The Morgan fingerprint density at radius 3 is 2.24 bits per heavy atom. The Bertz CT molecular complexity index is 1460.